The van der Waals surface area contributed by atoms with Crippen molar-refractivity contribution in [2.45, 2.75) is 43.5 Å². The van der Waals surface area contributed by atoms with Crippen molar-refractivity contribution < 1.29 is 13.2 Å². The molecule has 0 spiro atoms. The van der Waals surface area contributed by atoms with Crippen LogP contribution in [0, 0.1) is 6.92 Å². The van der Waals surface area contributed by atoms with Gasteiger partial charge in [0.2, 0.25) is 15.9 Å². The van der Waals surface area contributed by atoms with Crippen LogP contribution in [0.5, 0.6) is 0 Å². The summed E-state index contributed by atoms with van der Waals surface area (Å²) in [5.41, 5.74) is 2.33. The van der Waals surface area contributed by atoms with Gasteiger partial charge in [-0.25, -0.2) is 8.42 Å². The van der Waals surface area contributed by atoms with Gasteiger partial charge in [0, 0.05) is 18.1 Å². The normalized spacial score (nSPS) is 18.0. The van der Waals surface area contributed by atoms with E-state index in [2.05, 4.69) is 5.32 Å². The maximum absolute atomic E-state index is 13.0. The number of carbonyl (C=O) groups excluding carboxylic acids is 1. The molecule has 0 saturated carbocycles. The van der Waals surface area contributed by atoms with E-state index in [9.17, 15) is 13.2 Å². The summed E-state index contributed by atoms with van der Waals surface area (Å²) in [6.07, 6.45) is 2.83. The lowest BCUT2D eigenvalue weighted by Gasteiger charge is -2.33. The van der Waals surface area contributed by atoms with Gasteiger partial charge >= 0.3 is 0 Å². The van der Waals surface area contributed by atoms with Crippen LogP contribution in [0.3, 0.4) is 0 Å². The van der Waals surface area contributed by atoms with E-state index in [1.807, 2.05) is 31.2 Å². The molecule has 0 radical (unpaired) electrons. The summed E-state index contributed by atoms with van der Waals surface area (Å²) in [5.74, 6) is -0.232. The van der Waals surface area contributed by atoms with Gasteiger partial charge < -0.3 is 5.32 Å². The lowest BCUT2D eigenvalue weighted by Crippen LogP contribution is -2.52. The van der Waals surface area contributed by atoms with Crippen molar-refractivity contribution in [3.8, 4) is 0 Å². The Hall–Kier alpha value is -1.89. The third kappa shape index (κ3) is 4.93. The van der Waals surface area contributed by atoms with E-state index in [1.165, 1.54) is 22.0 Å². The van der Waals surface area contributed by atoms with Crippen molar-refractivity contribution in [3.05, 3.63) is 64.7 Å². The second kappa shape index (κ2) is 9.07. The zero-order chi connectivity index (χ0) is 20.1. The monoisotopic (exact) mass is 420 g/mol. The maximum Gasteiger partial charge on any atom is 0.243 e. The number of carbonyl (C=O) groups is 1. The van der Waals surface area contributed by atoms with Crippen molar-refractivity contribution in [2.24, 2.45) is 0 Å². The molecular weight excluding hydrogens is 396 g/mol. The average Bonchev–Trinajstić information content (AvgIpc) is 2.70. The van der Waals surface area contributed by atoms with E-state index in [-0.39, 0.29) is 10.8 Å². The Bertz CT molecular complexity index is 912. The molecule has 150 valence electrons. The molecule has 1 heterocycles. The molecule has 1 unspecified atom stereocenters. The average molecular weight is 421 g/mol. The predicted octanol–water partition coefficient (Wildman–Crippen LogP) is 3.55. The fraction of sp³-hybridized carbons (Fsp3) is 0.381. The molecule has 7 heteroatoms. The van der Waals surface area contributed by atoms with Crippen LogP contribution in [0.1, 0.15) is 30.4 Å². The second-order valence-electron chi connectivity index (χ2n) is 7.11. The topological polar surface area (TPSA) is 66.5 Å². The lowest BCUT2D eigenvalue weighted by atomic mass is 10.0. The van der Waals surface area contributed by atoms with E-state index in [1.54, 1.807) is 12.1 Å². The molecule has 1 atom stereocenters. The SMILES string of the molecule is Cc1ccc(CCNC(=O)C2CCCCN2S(=O)(=O)c2ccc(Cl)cc2)cc1. The molecule has 0 bridgehead atoms. The number of halogens is 1. The first-order valence-corrected chi connectivity index (χ1v) is 11.3. The first kappa shape index (κ1) is 20.8. The number of hydrogen-bond donors (Lipinski definition) is 1. The molecule has 2 aromatic rings. The molecule has 0 aliphatic carbocycles. The van der Waals surface area contributed by atoms with Crippen LogP contribution in [0.2, 0.25) is 5.02 Å². The lowest BCUT2D eigenvalue weighted by molar-refractivity contribution is -0.125. The Labute approximate surface area is 171 Å². The highest BCUT2D eigenvalue weighted by Crippen LogP contribution is 2.26. The molecule has 1 fully saturated rings. The summed E-state index contributed by atoms with van der Waals surface area (Å²) in [5, 5.41) is 3.39. The van der Waals surface area contributed by atoms with Crippen LogP contribution in [0.4, 0.5) is 0 Å². The molecule has 1 aliphatic rings. The van der Waals surface area contributed by atoms with Crippen LogP contribution >= 0.6 is 11.6 Å². The maximum atomic E-state index is 13.0. The summed E-state index contributed by atoms with van der Waals surface area (Å²) in [7, 11) is -3.74. The summed E-state index contributed by atoms with van der Waals surface area (Å²) in [4.78, 5) is 12.9. The third-order valence-electron chi connectivity index (χ3n) is 5.01. The molecule has 1 saturated heterocycles. The zero-order valence-electron chi connectivity index (χ0n) is 15.9. The fourth-order valence-corrected chi connectivity index (χ4v) is 5.18. The highest BCUT2D eigenvalue weighted by molar-refractivity contribution is 7.89. The number of rotatable bonds is 6. The molecule has 2 aromatic carbocycles. The Morgan fingerprint density at radius 3 is 2.46 bits per heavy atom. The molecule has 0 aromatic heterocycles. The zero-order valence-corrected chi connectivity index (χ0v) is 17.5. The minimum Gasteiger partial charge on any atom is -0.354 e. The van der Waals surface area contributed by atoms with Gasteiger partial charge in [-0.3, -0.25) is 4.79 Å². The van der Waals surface area contributed by atoms with Crippen LogP contribution in [-0.2, 0) is 21.2 Å². The highest BCUT2D eigenvalue weighted by atomic mass is 35.5. The molecule has 1 N–H and O–H groups in total. The Balaban J connectivity index is 1.67. The van der Waals surface area contributed by atoms with Crippen LogP contribution in [-0.4, -0.2) is 37.8 Å². The minimum absolute atomic E-state index is 0.163. The van der Waals surface area contributed by atoms with E-state index >= 15 is 0 Å². The summed E-state index contributed by atoms with van der Waals surface area (Å²) in [6.45, 7) is 2.86. The largest absolute Gasteiger partial charge is 0.354 e. The Morgan fingerprint density at radius 2 is 1.79 bits per heavy atom. The van der Waals surface area contributed by atoms with Gasteiger partial charge in [0.05, 0.1) is 4.90 Å². The minimum atomic E-state index is -3.74. The number of benzene rings is 2. The van der Waals surface area contributed by atoms with Crippen molar-refractivity contribution in [3.63, 3.8) is 0 Å². The summed E-state index contributed by atoms with van der Waals surface area (Å²) >= 11 is 5.87. The van der Waals surface area contributed by atoms with Gasteiger partial charge in [0.25, 0.3) is 0 Å². The predicted molar refractivity (Wildman–Crippen MR) is 111 cm³/mol. The number of sulfonamides is 1. The molecule has 1 amide bonds. The standard InChI is InChI=1S/C21H25ClN2O3S/c1-16-5-7-17(8-6-16)13-14-23-21(25)20-4-2-3-15-24(20)28(26,27)19-11-9-18(22)10-12-19/h5-12,20H,2-4,13-15H2,1H3,(H,23,25). The van der Waals surface area contributed by atoms with E-state index in [0.717, 1.165) is 18.4 Å². The highest BCUT2D eigenvalue weighted by Gasteiger charge is 2.37. The number of nitrogens with zero attached hydrogens (tertiary/aromatic N) is 1. The first-order chi connectivity index (χ1) is 13.4. The number of nitrogens with one attached hydrogen (secondary N) is 1. The second-order valence-corrected chi connectivity index (χ2v) is 9.43. The number of piperidine rings is 1. The van der Waals surface area contributed by atoms with Gasteiger partial charge in [-0.05, 0) is 56.0 Å². The first-order valence-electron chi connectivity index (χ1n) is 9.48. The van der Waals surface area contributed by atoms with Gasteiger partial charge in [0.15, 0.2) is 0 Å². The quantitative estimate of drug-likeness (QED) is 0.777. The van der Waals surface area contributed by atoms with Crippen molar-refractivity contribution in [1.29, 1.82) is 0 Å². The summed E-state index contributed by atoms with van der Waals surface area (Å²) < 4.78 is 27.4. The molecule has 28 heavy (non-hydrogen) atoms. The molecule has 5 nitrogen and oxygen atoms in total. The molecule has 3 rings (SSSR count). The fourth-order valence-electron chi connectivity index (χ4n) is 3.40. The van der Waals surface area contributed by atoms with Crippen molar-refractivity contribution in [1.82, 2.24) is 9.62 Å². The smallest absolute Gasteiger partial charge is 0.243 e. The van der Waals surface area contributed by atoms with Crippen LogP contribution < -0.4 is 5.32 Å². The van der Waals surface area contributed by atoms with Crippen LogP contribution in [0.25, 0.3) is 0 Å². The molecule has 1 aliphatic heterocycles. The summed E-state index contributed by atoms with van der Waals surface area (Å²) in [6, 6.07) is 13.6. The van der Waals surface area contributed by atoms with Gasteiger partial charge in [-0.1, -0.05) is 47.9 Å². The Kier molecular flexibility index (Phi) is 6.75. The number of amides is 1. The van der Waals surface area contributed by atoms with Gasteiger partial charge in [-0.2, -0.15) is 4.31 Å². The third-order valence-corrected chi connectivity index (χ3v) is 7.18. The number of aryl methyl sites for hydroxylation is 1. The van der Waals surface area contributed by atoms with E-state index < -0.39 is 16.1 Å². The molecular formula is C21H25ClN2O3S. The van der Waals surface area contributed by atoms with Gasteiger partial charge in [-0.15, -0.1) is 0 Å². The Morgan fingerprint density at radius 1 is 1.11 bits per heavy atom. The number of hydrogen-bond acceptors (Lipinski definition) is 3. The van der Waals surface area contributed by atoms with Crippen molar-refractivity contribution >= 4 is 27.5 Å². The van der Waals surface area contributed by atoms with Crippen molar-refractivity contribution in [2.75, 3.05) is 13.1 Å². The van der Waals surface area contributed by atoms with Crippen LogP contribution in [0.15, 0.2) is 53.4 Å². The van der Waals surface area contributed by atoms with Gasteiger partial charge in [0.1, 0.15) is 6.04 Å². The van der Waals surface area contributed by atoms with E-state index in [4.69, 9.17) is 11.6 Å². The van der Waals surface area contributed by atoms with E-state index in [0.29, 0.717) is 31.0 Å².